The van der Waals surface area contributed by atoms with E-state index < -0.39 is 15.6 Å². The summed E-state index contributed by atoms with van der Waals surface area (Å²) < 4.78 is 35.4. The van der Waals surface area contributed by atoms with Gasteiger partial charge in [-0.3, -0.25) is 9.79 Å². The van der Waals surface area contributed by atoms with Gasteiger partial charge in [0.25, 0.3) is 0 Å². The number of fused-ring (bicyclic) bond motifs is 18. The van der Waals surface area contributed by atoms with Crippen LogP contribution < -0.4 is 56.6 Å². The minimum atomic E-state index is -5.51. The van der Waals surface area contributed by atoms with E-state index in [9.17, 15) is 28.7 Å². The molecule has 0 saturated heterocycles. The predicted octanol–water partition coefficient (Wildman–Crippen LogP) is -0.358. The first-order chi connectivity index (χ1) is 20.1. The van der Waals surface area contributed by atoms with Crippen molar-refractivity contribution < 1.29 is 75.5 Å². The third-order valence-corrected chi connectivity index (χ3v) is 10.6. The van der Waals surface area contributed by atoms with Crippen molar-refractivity contribution in [3.05, 3.63) is 117 Å². The average molecular weight is 610 g/mol. The average Bonchev–Trinajstić information content (AvgIpc) is 3.70. The fraction of sp³-hybridized carbons (Fsp3) is 0.188. The summed E-state index contributed by atoms with van der Waals surface area (Å²) in [7, 11) is -10.5. The SMILES string of the molecule is O=P([O-])([O-])Oc1c2c(c(OP(=O)(O)O)c3cc4c(cc13)C1CC4c3ccccc31)C1CC2c2cc3ccccc3cc21.[Li+].[Li+]. The van der Waals surface area contributed by atoms with Crippen LogP contribution in [0, 0.1) is 0 Å². The van der Waals surface area contributed by atoms with Gasteiger partial charge >= 0.3 is 45.5 Å². The Morgan fingerprint density at radius 3 is 1.45 bits per heavy atom. The smallest absolute Gasteiger partial charge is 0.780 e. The molecule has 210 valence electrons. The molecule has 4 bridgehead atoms. The van der Waals surface area contributed by atoms with Gasteiger partial charge in [0, 0.05) is 45.6 Å². The standard InChI is InChI=1S/C32H24O8P2.2Li/c33-41(34,35)39-31-27-12-23-21-11-22(18-8-4-3-7-17(18)21)24(23)13-28(27)32(40-42(36,37)38)30-26-14-25(29(30)31)19-9-15-5-1-2-6-16(15)10-20(19)26;;/h1-10,12-13,21-22,25-26H,11,14H2,(H2,33,34,35)(H2,36,37,38);;/q;2*+1/p-2. The van der Waals surface area contributed by atoms with Crippen molar-refractivity contribution in [1.82, 2.24) is 0 Å². The summed E-state index contributed by atoms with van der Waals surface area (Å²) in [4.78, 5) is 44.5. The van der Waals surface area contributed by atoms with Gasteiger partial charge in [0.2, 0.25) is 0 Å². The molecule has 2 N–H and O–H groups in total. The Labute approximate surface area is 276 Å². The second-order valence-corrected chi connectivity index (χ2v) is 14.0. The number of phosphoric ester groups is 2. The number of hydrogen-bond acceptors (Lipinski definition) is 6. The van der Waals surface area contributed by atoms with E-state index in [2.05, 4.69) is 24.3 Å². The maximum Gasteiger partial charge on any atom is 1.00 e. The van der Waals surface area contributed by atoms with Crippen LogP contribution in [0.15, 0.2) is 72.8 Å². The van der Waals surface area contributed by atoms with Gasteiger partial charge in [0.05, 0.1) is 0 Å². The molecule has 0 aromatic heterocycles. The number of hydrogen-bond donors (Lipinski definition) is 2. The summed E-state index contributed by atoms with van der Waals surface area (Å²) in [6, 6.07) is 23.9. The van der Waals surface area contributed by atoms with Crippen LogP contribution in [0.5, 0.6) is 11.5 Å². The Bertz CT molecular complexity index is 2010. The van der Waals surface area contributed by atoms with Crippen LogP contribution in [0.25, 0.3) is 21.5 Å². The van der Waals surface area contributed by atoms with E-state index in [4.69, 9.17) is 9.05 Å². The van der Waals surface area contributed by atoms with Crippen molar-refractivity contribution >= 4 is 37.2 Å². The van der Waals surface area contributed by atoms with E-state index in [1.54, 1.807) is 0 Å². The molecular formula is C32H22Li2O8P2. The van der Waals surface area contributed by atoms with Gasteiger partial charge in [-0.15, -0.1) is 0 Å². The van der Waals surface area contributed by atoms with Crippen molar-refractivity contribution in [3.8, 4) is 11.5 Å². The molecule has 4 aliphatic carbocycles. The Hall–Kier alpha value is -2.29. The van der Waals surface area contributed by atoms with Crippen LogP contribution in [0.2, 0.25) is 0 Å². The van der Waals surface area contributed by atoms with E-state index in [0.29, 0.717) is 28.3 Å². The van der Waals surface area contributed by atoms with E-state index in [1.807, 2.05) is 48.5 Å². The summed E-state index contributed by atoms with van der Waals surface area (Å²) in [5.74, 6) is -0.498. The van der Waals surface area contributed by atoms with Crippen molar-refractivity contribution in [3.63, 3.8) is 0 Å². The molecular weight excluding hydrogens is 588 g/mol. The first-order valence-corrected chi connectivity index (χ1v) is 16.8. The molecule has 5 aromatic rings. The molecule has 0 aliphatic heterocycles. The number of phosphoric acid groups is 2. The molecule has 0 amide bonds. The number of benzene rings is 5. The zero-order valence-electron chi connectivity index (χ0n) is 23.9. The zero-order chi connectivity index (χ0) is 28.7. The van der Waals surface area contributed by atoms with Crippen molar-refractivity contribution in [1.29, 1.82) is 0 Å². The normalized spacial score (nSPS) is 21.7. The number of rotatable bonds is 4. The van der Waals surface area contributed by atoms with Crippen LogP contribution in [0.1, 0.15) is 81.0 Å². The second-order valence-electron chi connectivity index (χ2n) is 11.8. The summed E-state index contributed by atoms with van der Waals surface area (Å²) in [5.41, 5.74) is 7.34. The quantitative estimate of drug-likeness (QED) is 0.208. The summed E-state index contributed by atoms with van der Waals surface area (Å²) >= 11 is 0. The van der Waals surface area contributed by atoms with Crippen LogP contribution in [-0.2, 0) is 9.13 Å². The Kier molecular flexibility index (Phi) is 6.98. The van der Waals surface area contributed by atoms with E-state index >= 15 is 0 Å². The van der Waals surface area contributed by atoms with Crippen LogP contribution in [0.4, 0.5) is 0 Å². The summed E-state index contributed by atoms with van der Waals surface area (Å²) in [5, 5.41) is 2.68. The van der Waals surface area contributed by atoms with Gasteiger partial charge in [-0.05, 0) is 69.1 Å². The van der Waals surface area contributed by atoms with Crippen LogP contribution in [0.3, 0.4) is 0 Å². The summed E-state index contributed by atoms with van der Waals surface area (Å²) in [6.07, 6.45) is 1.39. The van der Waals surface area contributed by atoms with Gasteiger partial charge in [0.15, 0.2) is 0 Å². The zero-order valence-corrected chi connectivity index (χ0v) is 25.7. The predicted molar refractivity (Wildman–Crippen MR) is 152 cm³/mol. The largest absolute Gasteiger partial charge is 1.00 e. The topological polar surface area (TPSA) is 139 Å². The molecule has 9 rings (SSSR count). The van der Waals surface area contributed by atoms with Crippen molar-refractivity contribution in [2.45, 2.75) is 36.5 Å². The third kappa shape index (κ3) is 4.30. The molecule has 0 spiro atoms. The van der Waals surface area contributed by atoms with E-state index in [1.165, 1.54) is 11.1 Å². The fourth-order valence-electron chi connectivity index (χ4n) is 8.41. The molecule has 4 unspecified atom stereocenters. The molecule has 44 heavy (non-hydrogen) atoms. The Morgan fingerprint density at radius 2 is 1.00 bits per heavy atom. The minimum Gasteiger partial charge on any atom is -0.780 e. The Balaban J connectivity index is 0.00000156. The van der Waals surface area contributed by atoms with Crippen molar-refractivity contribution in [2.75, 3.05) is 0 Å². The van der Waals surface area contributed by atoms with E-state index in [-0.39, 0.29) is 72.9 Å². The third-order valence-electron chi connectivity index (χ3n) is 9.74. The molecule has 0 saturated carbocycles. The fourth-order valence-corrected chi connectivity index (χ4v) is 9.26. The Morgan fingerprint density at radius 1 is 0.591 bits per heavy atom. The van der Waals surface area contributed by atoms with Gasteiger partial charge in [-0.25, -0.2) is 4.57 Å². The molecule has 4 aliphatic rings. The maximum absolute atomic E-state index is 12.4. The minimum absolute atomic E-state index is 0. The van der Waals surface area contributed by atoms with Gasteiger partial charge in [-0.2, -0.15) is 0 Å². The molecule has 0 radical (unpaired) electrons. The van der Waals surface area contributed by atoms with Crippen LogP contribution in [-0.4, -0.2) is 9.79 Å². The summed E-state index contributed by atoms with van der Waals surface area (Å²) in [6.45, 7) is 0. The molecule has 4 atom stereocenters. The van der Waals surface area contributed by atoms with Gasteiger partial charge in [0.1, 0.15) is 19.3 Å². The van der Waals surface area contributed by atoms with Crippen molar-refractivity contribution in [2.24, 2.45) is 0 Å². The molecule has 0 heterocycles. The first-order valence-electron chi connectivity index (χ1n) is 13.8. The monoisotopic (exact) mass is 610 g/mol. The second kappa shape index (κ2) is 10.1. The molecule has 12 heteroatoms. The molecule has 0 fully saturated rings. The van der Waals surface area contributed by atoms with Gasteiger partial charge < -0.3 is 23.4 Å². The van der Waals surface area contributed by atoms with E-state index in [0.717, 1.165) is 39.4 Å². The van der Waals surface area contributed by atoms with Crippen LogP contribution >= 0.6 is 15.6 Å². The first kappa shape index (κ1) is 30.4. The molecule has 8 nitrogen and oxygen atoms in total. The van der Waals surface area contributed by atoms with Gasteiger partial charge in [-0.1, -0.05) is 60.7 Å². The maximum atomic E-state index is 12.4. The molecule has 5 aromatic carbocycles.